The van der Waals surface area contributed by atoms with E-state index >= 15 is 0 Å². The summed E-state index contributed by atoms with van der Waals surface area (Å²) in [5, 5.41) is 9.43. The van der Waals surface area contributed by atoms with Crippen molar-refractivity contribution < 1.29 is 9.90 Å². The number of carbonyl (C=O) groups is 1. The lowest BCUT2D eigenvalue weighted by Gasteiger charge is -2.25. The van der Waals surface area contributed by atoms with Gasteiger partial charge >= 0.3 is 5.97 Å². The maximum atomic E-state index is 11.4. The molecule has 1 N–H and O–H groups in total. The molecule has 0 aromatic rings. The molecule has 0 heterocycles. The molecule has 20 heavy (non-hydrogen) atoms. The highest BCUT2D eigenvalue weighted by molar-refractivity contribution is 5.69. The zero-order chi connectivity index (χ0) is 14.2. The molecule has 0 aliphatic heterocycles. The van der Waals surface area contributed by atoms with Crippen LogP contribution in [0.25, 0.3) is 0 Å². The molecule has 0 unspecified atom stereocenters. The number of aliphatic carboxylic acids is 1. The van der Waals surface area contributed by atoms with E-state index in [1.807, 2.05) is 0 Å². The van der Waals surface area contributed by atoms with E-state index in [4.69, 9.17) is 0 Å². The molecule has 0 atom stereocenters. The Morgan fingerprint density at radius 3 is 1.55 bits per heavy atom. The first-order chi connectivity index (χ1) is 9.75. The van der Waals surface area contributed by atoms with Crippen molar-refractivity contribution in [1.29, 1.82) is 0 Å². The van der Waals surface area contributed by atoms with Gasteiger partial charge in [-0.2, -0.15) is 0 Å². The van der Waals surface area contributed by atoms with Gasteiger partial charge in [-0.05, 0) is 37.5 Å². The van der Waals surface area contributed by atoms with Crippen molar-refractivity contribution in [3.63, 3.8) is 0 Å². The minimum Gasteiger partial charge on any atom is -0.481 e. The highest BCUT2D eigenvalue weighted by Crippen LogP contribution is 2.32. The highest BCUT2D eigenvalue weighted by Gasteiger charge is 2.22. The van der Waals surface area contributed by atoms with Gasteiger partial charge in [-0.15, -0.1) is 0 Å². The van der Waals surface area contributed by atoms with Crippen LogP contribution in [0.2, 0.25) is 0 Å². The summed E-state index contributed by atoms with van der Waals surface area (Å²) in [6.07, 6.45) is 17.8. The third-order valence-electron chi connectivity index (χ3n) is 5.65. The standard InChI is InChI=1S/C18H32O2/c19-18(20)17(13-11-15-7-3-1-4-8-15)14-12-16-9-5-2-6-10-16/h15-17H,1-14H2,(H,19,20). The predicted octanol–water partition coefficient (Wildman–Crippen LogP) is 5.41. The Balaban J connectivity index is 1.67. The molecule has 0 saturated heterocycles. The lowest BCUT2D eigenvalue weighted by molar-refractivity contribution is -0.142. The van der Waals surface area contributed by atoms with Crippen LogP contribution in [0.4, 0.5) is 0 Å². The molecule has 2 rings (SSSR count). The molecular weight excluding hydrogens is 248 g/mol. The van der Waals surface area contributed by atoms with Crippen molar-refractivity contribution in [2.45, 2.75) is 89.9 Å². The summed E-state index contributed by atoms with van der Waals surface area (Å²) >= 11 is 0. The van der Waals surface area contributed by atoms with Crippen molar-refractivity contribution in [2.24, 2.45) is 17.8 Å². The molecule has 2 nitrogen and oxygen atoms in total. The second-order valence-corrected chi connectivity index (χ2v) is 7.20. The van der Waals surface area contributed by atoms with Crippen molar-refractivity contribution in [1.82, 2.24) is 0 Å². The summed E-state index contributed by atoms with van der Waals surface area (Å²) in [7, 11) is 0. The molecule has 2 fully saturated rings. The van der Waals surface area contributed by atoms with Crippen molar-refractivity contribution in [3.05, 3.63) is 0 Å². The molecule has 2 aliphatic carbocycles. The molecule has 0 amide bonds. The third kappa shape index (κ3) is 5.46. The molecule has 0 bridgehead atoms. The van der Waals surface area contributed by atoms with Crippen LogP contribution in [-0.4, -0.2) is 11.1 Å². The monoisotopic (exact) mass is 280 g/mol. The van der Waals surface area contributed by atoms with Gasteiger partial charge in [0.05, 0.1) is 5.92 Å². The largest absolute Gasteiger partial charge is 0.481 e. The minimum atomic E-state index is -0.545. The molecule has 0 spiro atoms. The van der Waals surface area contributed by atoms with E-state index in [0.29, 0.717) is 0 Å². The lowest BCUT2D eigenvalue weighted by atomic mass is 9.81. The fourth-order valence-electron chi connectivity index (χ4n) is 4.22. The van der Waals surface area contributed by atoms with E-state index in [9.17, 15) is 9.90 Å². The Kier molecular flexibility index (Phi) is 6.89. The zero-order valence-corrected chi connectivity index (χ0v) is 13.0. The SMILES string of the molecule is O=C(O)C(CCC1CCCCC1)CCC1CCCCC1. The fourth-order valence-corrected chi connectivity index (χ4v) is 4.22. The first-order valence-electron chi connectivity index (χ1n) is 8.98. The summed E-state index contributed by atoms with van der Waals surface area (Å²) in [6, 6.07) is 0. The first kappa shape index (κ1) is 15.9. The van der Waals surface area contributed by atoms with E-state index in [1.165, 1.54) is 64.2 Å². The molecule has 0 radical (unpaired) electrons. The molecule has 0 aromatic carbocycles. The molecule has 2 saturated carbocycles. The number of hydrogen-bond donors (Lipinski definition) is 1. The first-order valence-corrected chi connectivity index (χ1v) is 8.98. The van der Waals surface area contributed by atoms with Gasteiger partial charge in [0, 0.05) is 0 Å². The third-order valence-corrected chi connectivity index (χ3v) is 5.65. The van der Waals surface area contributed by atoms with Gasteiger partial charge in [0.1, 0.15) is 0 Å². The van der Waals surface area contributed by atoms with Crippen LogP contribution in [-0.2, 0) is 4.79 Å². The van der Waals surface area contributed by atoms with E-state index in [0.717, 1.165) is 37.5 Å². The Morgan fingerprint density at radius 2 is 1.20 bits per heavy atom. The number of rotatable bonds is 7. The Hall–Kier alpha value is -0.530. The Bertz CT molecular complexity index is 253. The van der Waals surface area contributed by atoms with Gasteiger partial charge in [0.15, 0.2) is 0 Å². The molecule has 2 aliphatic rings. The van der Waals surface area contributed by atoms with Gasteiger partial charge in [0.2, 0.25) is 0 Å². The van der Waals surface area contributed by atoms with Gasteiger partial charge in [-0.25, -0.2) is 0 Å². The summed E-state index contributed by atoms with van der Waals surface area (Å²) in [5.74, 6) is 1.02. The summed E-state index contributed by atoms with van der Waals surface area (Å²) in [5.41, 5.74) is 0. The topological polar surface area (TPSA) is 37.3 Å². The average molecular weight is 280 g/mol. The van der Waals surface area contributed by atoms with Gasteiger partial charge < -0.3 is 5.11 Å². The van der Waals surface area contributed by atoms with E-state index < -0.39 is 5.97 Å². The summed E-state index contributed by atoms with van der Waals surface area (Å²) in [4.78, 5) is 11.4. The van der Waals surface area contributed by atoms with Crippen LogP contribution in [0, 0.1) is 17.8 Å². The Morgan fingerprint density at radius 1 is 0.800 bits per heavy atom. The maximum absolute atomic E-state index is 11.4. The van der Waals surface area contributed by atoms with Crippen molar-refractivity contribution >= 4 is 5.97 Å². The van der Waals surface area contributed by atoms with E-state index in [2.05, 4.69) is 0 Å². The quantitative estimate of drug-likeness (QED) is 0.677. The Labute approximate surface area is 124 Å². The van der Waals surface area contributed by atoms with Crippen LogP contribution < -0.4 is 0 Å². The normalized spacial score (nSPS) is 22.2. The van der Waals surface area contributed by atoms with Crippen LogP contribution in [0.3, 0.4) is 0 Å². The minimum absolute atomic E-state index is 0.0705. The van der Waals surface area contributed by atoms with E-state index in [-0.39, 0.29) is 5.92 Å². The molecule has 116 valence electrons. The number of carboxylic acid groups (broad SMARTS) is 1. The second-order valence-electron chi connectivity index (χ2n) is 7.20. The van der Waals surface area contributed by atoms with Gasteiger partial charge in [-0.3, -0.25) is 4.79 Å². The number of carboxylic acids is 1. The fraction of sp³-hybridized carbons (Fsp3) is 0.944. The van der Waals surface area contributed by atoms with Crippen LogP contribution in [0.1, 0.15) is 89.9 Å². The lowest BCUT2D eigenvalue weighted by Crippen LogP contribution is -2.18. The van der Waals surface area contributed by atoms with Crippen molar-refractivity contribution in [3.8, 4) is 0 Å². The smallest absolute Gasteiger partial charge is 0.306 e. The highest BCUT2D eigenvalue weighted by atomic mass is 16.4. The van der Waals surface area contributed by atoms with Crippen LogP contribution in [0.5, 0.6) is 0 Å². The molecular formula is C18H32O2. The zero-order valence-electron chi connectivity index (χ0n) is 13.0. The van der Waals surface area contributed by atoms with Gasteiger partial charge in [-0.1, -0.05) is 64.2 Å². The maximum Gasteiger partial charge on any atom is 0.306 e. The average Bonchev–Trinajstić information content (AvgIpc) is 2.49. The number of hydrogen-bond acceptors (Lipinski definition) is 1. The molecule has 0 aromatic heterocycles. The van der Waals surface area contributed by atoms with Crippen LogP contribution in [0.15, 0.2) is 0 Å². The summed E-state index contributed by atoms with van der Waals surface area (Å²) in [6.45, 7) is 0. The van der Waals surface area contributed by atoms with Crippen LogP contribution >= 0.6 is 0 Å². The summed E-state index contributed by atoms with van der Waals surface area (Å²) < 4.78 is 0. The van der Waals surface area contributed by atoms with Gasteiger partial charge in [0.25, 0.3) is 0 Å². The predicted molar refractivity (Wildman–Crippen MR) is 82.7 cm³/mol. The second kappa shape index (κ2) is 8.69. The van der Waals surface area contributed by atoms with Crippen molar-refractivity contribution in [2.75, 3.05) is 0 Å². The van der Waals surface area contributed by atoms with E-state index in [1.54, 1.807) is 0 Å². The molecule has 2 heteroatoms.